The van der Waals surface area contributed by atoms with Gasteiger partial charge in [-0.15, -0.1) is 11.3 Å². The van der Waals surface area contributed by atoms with Gasteiger partial charge in [0.25, 0.3) is 0 Å². The summed E-state index contributed by atoms with van der Waals surface area (Å²) in [5, 5.41) is 6.46. The second-order valence-electron chi connectivity index (χ2n) is 10.5. The Morgan fingerprint density at radius 2 is 1.08 bits per heavy atom. The molecule has 7 rings (SSSR count). The van der Waals surface area contributed by atoms with Crippen LogP contribution in [-0.4, -0.2) is 27.0 Å². The van der Waals surface area contributed by atoms with Gasteiger partial charge in [-0.25, -0.2) is 18.2 Å². The van der Waals surface area contributed by atoms with Crippen LogP contribution < -0.4 is 17.2 Å². The van der Waals surface area contributed by atoms with E-state index < -0.39 is 0 Å². The molecule has 1 heterocycles. The first-order chi connectivity index (χ1) is 23.9. The molecule has 0 fully saturated rings. The molecule has 0 amide bonds. The lowest BCUT2D eigenvalue weighted by Gasteiger charge is -2.04. The molecular formula is C39H34BrF3N4O2S2. The van der Waals surface area contributed by atoms with Gasteiger partial charge in [-0.2, -0.15) is 0 Å². The number of thiazole rings is 1. The number of thiocarbonyl (C=S) groups is 1. The molecule has 51 heavy (non-hydrogen) atoms. The van der Waals surface area contributed by atoms with E-state index in [0.717, 1.165) is 16.6 Å². The molecule has 6 nitrogen and oxygen atoms in total. The molecule has 0 aliphatic heterocycles. The first-order valence-corrected chi connectivity index (χ1v) is 17.2. The maximum atomic E-state index is 13.6. The number of ketones is 2. The number of aromatic nitrogens is 1. The lowest BCUT2D eigenvalue weighted by atomic mass is 10.0. The number of hydrogen-bond donors (Lipinski definition) is 3. The number of fused-ring (bicyclic) bond motifs is 3. The smallest absolute Gasteiger partial charge is 0.180 e. The Kier molecular flexibility index (Phi) is 14.8. The minimum atomic E-state index is -0.295. The van der Waals surface area contributed by atoms with Crippen LogP contribution in [0.15, 0.2) is 115 Å². The number of halogens is 4. The lowest BCUT2D eigenvalue weighted by Crippen LogP contribution is -2.18. The van der Waals surface area contributed by atoms with Gasteiger partial charge in [0.15, 0.2) is 21.8 Å². The van der Waals surface area contributed by atoms with Gasteiger partial charge in [-0.05, 0) is 71.7 Å². The Balaban J connectivity index is 0.000000195. The molecule has 0 bridgehead atoms. The number of nitrogen functional groups attached to an aromatic ring is 1. The fraction of sp³-hybridized carbons (Fsp3) is 0.0769. The van der Waals surface area contributed by atoms with Crippen molar-refractivity contribution in [1.29, 1.82) is 0 Å². The number of hydrogen-bond acceptors (Lipinski definition) is 6. The maximum absolute atomic E-state index is 13.6. The summed E-state index contributed by atoms with van der Waals surface area (Å²) in [5.41, 5.74) is 17.7. The van der Waals surface area contributed by atoms with Crippen molar-refractivity contribution >= 4 is 93.6 Å². The minimum Gasteiger partial charge on any atom is -0.377 e. The van der Waals surface area contributed by atoms with Crippen LogP contribution in [0.1, 0.15) is 35.1 Å². The molecule has 0 aliphatic rings. The zero-order valence-electron chi connectivity index (χ0n) is 26.5. The van der Waals surface area contributed by atoms with Crippen LogP contribution in [-0.2, 0) is 0 Å². The zero-order valence-corrected chi connectivity index (χ0v) is 29.7. The van der Waals surface area contributed by atoms with Gasteiger partial charge < -0.3 is 17.2 Å². The van der Waals surface area contributed by atoms with Crippen molar-refractivity contribution < 1.29 is 22.8 Å². The van der Waals surface area contributed by atoms with Crippen LogP contribution in [0.25, 0.3) is 43.6 Å². The average molecular weight is 792 g/mol. The molecular weight excluding hydrogens is 757 g/mol. The second-order valence-corrected chi connectivity index (χ2v) is 12.4. The summed E-state index contributed by atoms with van der Waals surface area (Å²) < 4.78 is 40.4. The number of carbonyl (C=O) groups is 2. The van der Waals surface area contributed by atoms with Crippen molar-refractivity contribution in [1.82, 2.24) is 4.98 Å². The monoisotopic (exact) mass is 790 g/mol. The molecule has 0 saturated heterocycles. The number of carbonyl (C=O) groups excluding carboxylic acids is 2. The third kappa shape index (κ3) is 10.2. The number of anilines is 1. The quantitative estimate of drug-likeness (QED) is 0.0921. The third-order valence-corrected chi connectivity index (χ3v) is 8.39. The van der Waals surface area contributed by atoms with Crippen molar-refractivity contribution in [3.8, 4) is 11.3 Å². The van der Waals surface area contributed by atoms with Crippen molar-refractivity contribution in [3.63, 3.8) is 0 Å². The standard InChI is InChI=1S/C13H9FN2S.C12H8BrFO.C12H9FO.CH4N2S.CH4/c14-11-6-5-10(12-7-17-13(15)16-12)8-3-1-2-4-9(8)11;13-7-12(15)10-5-6-11(14)9-4-2-1-3-8(9)10;1-8(14)9-6-7-12(13)11-5-3-2-4-10(9)11;2-1(3)4;/h1-7H,(H2,15,16);1-6H,7H2;2-7H,1H3;(H4,2,3,4);1H4. The van der Waals surface area contributed by atoms with E-state index in [-0.39, 0.29) is 46.9 Å². The number of Topliss-reactive ketones (excluding diaryl/α,β-unsaturated/α-hetero) is 2. The molecule has 6 N–H and O–H groups in total. The van der Waals surface area contributed by atoms with Gasteiger partial charge in [0.1, 0.15) is 17.5 Å². The summed E-state index contributed by atoms with van der Waals surface area (Å²) in [7, 11) is 0. The van der Waals surface area contributed by atoms with Gasteiger partial charge in [0.05, 0.1) is 11.0 Å². The minimum absolute atomic E-state index is 0. The molecule has 7 aromatic rings. The molecule has 0 unspecified atom stereocenters. The highest BCUT2D eigenvalue weighted by Gasteiger charge is 2.12. The molecule has 6 aromatic carbocycles. The number of benzene rings is 6. The molecule has 0 atom stereocenters. The highest BCUT2D eigenvalue weighted by Crippen LogP contribution is 2.31. The zero-order chi connectivity index (χ0) is 36.4. The lowest BCUT2D eigenvalue weighted by molar-refractivity contribution is 0.101. The maximum Gasteiger partial charge on any atom is 0.180 e. The molecule has 0 spiro atoms. The van der Waals surface area contributed by atoms with Crippen molar-refractivity contribution in [3.05, 3.63) is 143 Å². The van der Waals surface area contributed by atoms with Crippen LogP contribution in [0.3, 0.4) is 0 Å². The van der Waals surface area contributed by atoms with Gasteiger partial charge in [-0.1, -0.05) is 96.2 Å². The van der Waals surface area contributed by atoms with Crippen LogP contribution in [0.5, 0.6) is 0 Å². The Hall–Kier alpha value is -5.17. The van der Waals surface area contributed by atoms with E-state index in [1.807, 2.05) is 23.6 Å². The highest BCUT2D eigenvalue weighted by atomic mass is 79.9. The summed E-state index contributed by atoms with van der Waals surface area (Å²) in [6.45, 7) is 1.49. The van der Waals surface area contributed by atoms with E-state index in [1.165, 1.54) is 48.6 Å². The molecule has 12 heteroatoms. The van der Waals surface area contributed by atoms with E-state index >= 15 is 0 Å². The van der Waals surface area contributed by atoms with Crippen LogP contribution in [0.4, 0.5) is 18.3 Å². The molecule has 0 aliphatic carbocycles. The first kappa shape index (κ1) is 40.3. The number of nitrogens with two attached hydrogens (primary N) is 3. The summed E-state index contributed by atoms with van der Waals surface area (Å²) in [6.07, 6.45) is 0. The Bertz CT molecular complexity index is 2330. The number of alkyl halides is 1. The fourth-order valence-electron chi connectivity index (χ4n) is 5.04. The predicted molar refractivity (Wildman–Crippen MR) is 213 cm³/mol. The SMILES string of the molecule is C.CC(=O)c1ccc(F)c2ccccc12.NC(N)=S.Nc1nc(-c2ccc(F)c3ccccc23)cs1.O=C(CBr)c1ccc(F)c2ccccc12. The average Bonchev–Trinajstić information content (AvgIpc) is 3.55. The first-order valence-electron chi connectivity index (χ1n) is 14.8. The molecule has 0 saturated carbocycles. The van der Waals surface area contributed by atoms with Crippen molar-refractivity contribution in [2.75, 3.05) is 11.1 Å². The normalized spacial score (nSPS) is 10.1. The third-order valence-electron chi connectivity index (χ3n) is 7.21. The van der Waals surface area contributed by atoms with Crippen LogP contribution in [0, 0.1) is 17.5 Å². The van der Waals surface area contributed by atoms with E-state index in [1.54, 1.807) is 60.7 Å². The highest BCUT2D eigenvalue weighted by molar-refractivity contribution is 9.09. The van der Waals surface area contributed by atoms with Gasteiger partial charge in [0.2, 0.25) is 0 Å². The van der Waals surface area contributed by atoms with Crippen LogP contribution >= 0.6 is 39.5 Å². The number of nitrogens with zero attached hydrogens (tertiary/aromatic N) is 1. The Labute approximate surface area is 311 Å². The van der Waals surface area contributed by atoms with Gasteiger partial charge in [0, 0.05) is 38.2 Å². The summed E-state index contributed by atoms with van der Waals surface area (Å²) in [6, 6.07) is 30.3. The summed E-state index contributed by atoms with van der Waals surface area (Å²) in [4.78, 5) is 27.1. The van der Waals surface area contributed by atoms with E-state index in [2.05, 4.69) is 44.6 Å². The fourth-order valence-corrected chi connectivity index (χ4v) is 5.91. The summed E-state index contributed by atoms with van der Waals surface area (Å²) >= 11 is 8.59. The van der Waals surface area contributed by atoms with E-state index in [0.29, 0.717) is 43.2 Å². The molecule has 1 aromatic heterocycles. The summed E-state index contributed by atoms with van der Waals surface area (Å²) in [5.74, 6) is -0.873. The van der Waals surface area contributed by atoms with Crippen LogP contribution in [0.2, 0.25) is 0 Å². The molecule has 0 radical (unpaired) electrons. The largest absolute Gasteiger partial charge is 0.377 e. The van der Waals surface area contributed by atoms with E-state index in [4.69, 9.17) is 5.73 Å². The van der Waals surface area contributed by atoms with Crippen molar-refractivity contribution in [2.45, 2.75) is 14.4 Å². The molecule has 262 valence electrons. The Morgan fingerprint density at radius 1 is 0.686 bits per heavy atom. The number of rotatable bonds is 4. The predicted octanol–water partition coefficient (Wildman–Crippen LogP) is 10.2. The van der Waals surface area contributed by atoms with Crippen molar-refractivity contribution in [2.24, 2.45) is 11.5 Å². The van der Waals surface area contributed by atoms with Gasteiger partial charge >= 0.3 is 0 Å². The second kappa shape index (κ2) is 18.7. The Morgan fingerprint density at radius 3 is 1.51 bits per heavy atom. The van der Waals surface area contributed by atoms with Gasteiger partial charge in [-0.3, -0.25) is 9.59 Å². The van der Waals surface area contributed by atoms with E-state index in [9.17, 15) is 22.8 Å². The topological polar surface area (TPSA) is 125 Å².